The fourth-order valence-corrected chi connectivity index (χ4v) is 5.85. The normalized spacial score (nSPS) is 27.4. The predicted octanol–water partition coefficient (Wildman–Crippen LogP) is 4.03. The fourth-order valence-electron chi connectivity index (χ4n) is 5.85. The van der Waals surface area contributed by atoms with Crippen molar-refractivity contribution < 1.29 is 4.79 Å². The van der Waals surface area contributed by atoms with Crippen molar-refractivity contribution in [1.82, 2.24) is 19.7 Å². The molecule has 0 aromatic carbocycles. The summed E-state index contributed by atoms with van der Waals surface area (Å²) in [4.78, 5) is 19.4. The summed E-state index contributed by atoms with van der Waals surface area (Å²) in [6.45, 7) is 8.44. The second-order valence-corrected chi connectivity index (χ2v) is 9.41. The molecule has 3 atom stereocenters. The second-order valence-electron chi connectivity index (χ2n) is 9.41. The summed E-state index contributed by atoms with van der Waals surface area (Å²) < 4.78 is 2.13. The number of carbonyl (C=O) groups is 1. The third-order valence-electron chi connectivity index (χ3n) is 7.49. The summed E-state index contributed by atoms with van der Waals surface area (Å²) in [5, 5.41) is 4.81. The van der Waals surface area contributed by atoms with E-state index in [2.05, 4.69) is 41.4 Å². The van der Waals surface area contributed by atoms with Gasteiger partial charge in [-0.05, 0) is 61.5 Å². The first kappa shape index (κ1) is 17.9. The lowest BCUT2D eigenvalue weighted by Gasteiger charge is -2.36. The van der Waals surface area contributed by atoms with Gasteiger partial charge in [0, 0.05) is 43.2 Å². The average molecular weight is 379 g/mol. The highest BCUT2D eigenvalue weighted by molar-refractivity contribution is 5.76. The molecule has 5 heteroatoms. The lowest BCUT2D eigenvalue weighted by atomic mass is 9.96. The maximum absolute atomic E-state index is 13.1. The van der Waals surface area contributed by atoms with Crippen LogP contribution in [0.1, 0.15) is 74.0 Å². The Kier molecular flexibility index (Phi) is 4.11. The van der Waals surface area contributed by atoms with E-state index in [1.807, 2.05) is 12.3 Å². The van der Waals surface area contributed by atoms with Crippen LogP contribution in [0.2, 0.25) is 0 Å². The van der Waals surface area contributed by atoms with Gasteiger partial charge in [-0.3, -0.25) is 14.5 Å². The van der Waals surface area contributed by atoms with Gasteiger partial charge in [0.1, 0.15) is 0 Å². The van der Waals surface area contributed by atoms with Crippen molar-refractivity contribution in [2.24, 2.45) is 11.3 Å². The molecule has 5 nitrogen and oxygen atoms in total. The summed E-state index contributed by atoms with van der Waals surface area (Å²) >= 11 is 0. The van der Waals surface area contributed by atoms with E-state index in [9.17, 15) is 4.79 Å². The lowest BCUT2D eigenvalue weighted by Crippen LogP contribution is -2.39. The molecule has 1 aliphatic heterocycles. The number of likely N-dealkylation sites (tertiary alicyclic amines) is 1. The molecule has 0 unspecified atom stereocenters. The number of piperidine rings is 1. The maximum Gasteiger partial charge on any atom is 0.224 e. The van der Waals surface area contributed by atoms with E-state index in [1.54, 1.807) is 6.20 Å². The second kappa shape index (κ2) is 6.43. The number of hydrogen-bond donors (Lipinski definition) is 0. The first-order valence-electron chi connectivity index (χ1n) is 10.7. The monoisotopic (exact) mass is 378 g/mol. The SMILES string of the molecule is Cc1nn(CCC(=O)N2CCCC[C@H]2c2cccnc2)c2c1[C@H]1[C@H](C2)C1(C)C. The minimum absolute atomic E-state index is 0.175. The highest BCUT2D eigenvalue weighted by Gasteiger charge is 2.63. The Bertz CT molecular complexity index is 901. The quantitative estimate of drug-likeness (QED) is 0.807. The summed E-state index contributed by atoms with van der Waals surface area (Å²) in [5.74, 6) is 1.71. The first-order chi connectivity index (χ1) is 13.5. The molecule has 0 N–H and O–H groups in total. The van der Waals surface area contributed by atoms with Crippen LogP contribution in [0.3, 0.4) is 0 Å². The van der Waals surface area contributed by atoms with Crippen molar-refractivity contribution in [3.05, 3.63) is 47.0 Å². The molecule has 2 fully saturated rings. The van der Waals surface area contributed by atoms with E-state index in [4.69, 9.17) is 5.10 Å². The van der Waals surface area contributed by atoms with Crippen LogP contribution in [0, 0.1) is 18.3 Å². The van der Waals surface area contributed by atoms with Gasteiger partial charge in [0.05, 0.1) is 11.7 Å². The molecule has 2 aromatic heterocycles. The molecule has 1 amide bonds. The van der Waals surface area contributed by atoms with Gasteiger partial charge in [-0.15, -0.1) is 0 Å². The van der Waals surface area contributed by atoms with Gasteiger partial charge >= 0.3 is 0 Å². The third-order valence-corrected chi connectivity index (χ3v) is 7.49. The minimum Gasteiger partial charge on any atom is -0.336 e. The number of hydrogen-bond acceptors (Lipinski definition) is 3. The third kappa shape index (κ3) is 2.70. The van der Waals surface area contributed by atoms with E-state index in [0.717, 1.165) is 37.3 Å². The van der Waals surface area contributed by atoms with Crippen LogP contribution in [0.25, 0.3) is 0 Å². The van der Waals surface area contributed by atoms with Crippen molar-refractivity contribution in [3.8, 4) is 0 Å². The van der Waals surface area contributed by atoms with E-state index >= 15 is 0 Å². The lowest BCUT2D eigenvalue weighted by molar-refractivity contribution is -0.135. The standard InChI is InChI=1S/C23H30N4O/c1-15-21-19(13-17-22(21)23(17,2)3)27(25-15)12-9-20(28)26-11-5-4-8-18(26)16-7-6-10-24-14-16/h6-7,10,14,17-18,22H,4-5,8-9,11-13H2,1-3H3/t17-,18-,22+/m0/s1. The Hall–Kier alpha value is -2.17. The van der Waals surface area contributed by atoms with Gasteiger partial charge in [0.25, 0.3) is 0 Å². The number of aromatic nitrogens is 3. The van der Waals surface area contributed by atoms with Crippen LogP contribution in [-0.2, 0) is 17.8 Å². The van der Waals surface area contributed by atoms with Crippen molar-refractivity contribution in [2.45, 2.75) is 71.4 Å². The number of fused-ring (bicyclic) bond motifs is 3. The van der Waals surface area contributed by atoms with E-state index in [1.165, 1.54) is 23.4 Å². The largest absolute Gasteiger partial charge is 0.336 e. The zero-order valence-corrected chi connectivity index (χ0v) is 17.2. The van der Waals surface area contributed by atoms with Crippen molar-refractivity contribution in [1.29, 1.82) is 0 Å². The predicted molar refractivity (Wildman–Crippen MR) is 108 cm³/mol. The topological polar surface area (TPSA) is 51.0 Å². The van der Waals surface area contributed by atoms with Crippen LogP contribution in [0.15, 0.2) is 24.5 Å². The Morgan fingerprint density at radius 2 is 2.18 bits per heavy atom. The molecule has 2 aliphatic carbocycles. The number of pyridine rings is 1. The molecular weight excluding hydrogens is 348 g/mol. The van der Waals surface area contributed by atoms with Crippen LogP contribution in [0.4, 0.5) is 0 Å². The van der Waals surface area contributed by atoms with E-state index < -0.39 is 0 Å². The molecule has 0 bridgehead atoms. The van der Waals surface area contributed by atoms with Crippen LogP contribution in [-0.4, -0.2) is 32.1 Å². The summed E-state index contributed by atoms with van der Waals surface area (Å²) in [7, 11) is 0. The van der Waals surface area contributed by atoms with Gasteiger partial charge in [0.15, 0.2) is 0 Å². The number of amides is 1. The van der Waals surface area contributed by atoms with Crippen molar-refractivity contribution in [3.63, 3.8) is 0 Å². The van der Waals surface area contributed by atoms with Crippen LogP contribution in [0.5, 0.6) is 0 Å². The molecule has 148 valence electrons. The molecule has 0 radical (unpaired) electrons. The summed E-state index contributed by atoms with van der Waals surface area (Å²) in [6, 6.07) is 4.24. The van der Waals surface area contributed by atoms with Crippen molar-refractivity contribution >= 4 is 5.91 Å². The van der Waals surface area contributed by atoms with Crippen LogP contribution >= 0.6 is 0 Å². The molecule has 0 spiro atoms. The fraction of sp³-hybridized carbons (Fsp3) is 0.609. The van der Waals surface area contributed by atoms with Crippen LogP contribution < -0.4 is 0 Å². The Morgan fingerprint density at radius 3 is 2.96 bits per heavy atom. The minimum atomic E-state index is 0.175. The smallest absolute Gasteiger partial charge is 0.224 e. The molecule has 2 aromatic rings. The van der Waals surface area contributed by atoms with Gasteiger partial charge in [-0.1, -0.05) is 19.9 Å². The summed E-state index contributed by atoms with van der Waals surface area (Å²) in [6.07, 6.45) is 8.67. The molecule has 3 aliphatic rings. The van der Waals surface area contributed by atoms with Crippen molar-refractivity contribution in [2.75, 3.05) is 6.54 Å². The first-order valence-corrected chi connectivity index (χ1v) is 10.7. The molecule has 1 saturated heterocycles. The Balaban J connectivity index is 1.29. The van der Waals surface area contributed by atoms with Gasteiger partial charge in [-0.25, -0.2) is 0 Å². The Labute approximate surface area is 167 Å². The van der Waals surface area contributed by atoms with Gasteiger partial charge in [-0.2, -0.15) is 5.10 Å². The molecule has 3 heterocycles. The highest BCUT2D eigenvalue weighted by Crippen LogP contribution is 2.70. The molecule has 5 rings (SSSR count). The average Bonchev–Trinajstić information content (AvgIpc) is 3.04. The van der Waals surface area contributed by atoms with Gasteiger partial charge in [0.2, 0.25) is 5.91 Å². The molecular formula is C23H30N4O. The molecule has 1 saturated carbocycles. The summed E-state index contributed by atoms with van der Waals surface area (Å²) in [5.41, 5.74) is 5.64. The Morgan fingerprint density at radius 1 is 1.32 bits per heavy atom. The highest BCUT2D eigenvalue weighted by atomic mass is 16.2. The van der Waals surface area contributed by atoms with Gasteiger partial charge < -0.3 is 4.90 Å². The van der Waals surface area contributed by atoms with E-state index in [-0.39, 0.29) is 11.9 Å². The number of rotatable bonds is 4. The molecule has 28 heavy (non-hydrogen) atoms. The van der Waals surface area contributed by atoms with E-state index in [0.29, 0.717) is 24.3 Å². The number of carbonyl (C=O) groups excluding carboxylic acids is 1. The number of aryl methyl sites for hydroxylation is 2. The zero-order valence-electron chi connectivity index (χ0n) is 17.2. The number of nitrogens with zero attached hydrogens (tertiary/aromatic N) is 4. The maximum atomic E-state index is 13.1. The zero-order chi connectivity index (χ0) is 19.5.